The van der Waals surface area contributed by atoms with Gasteiger partial charge in [-0.2, -0.15) is 5.26 Å². The lowest BCUT2D eigenvalue weighted by Gasteiger charge is -2.09. The van der Waals surface area contributed by atoms with E-state index in [1.807, 2.05) is 0 Å². The van der Waals surface area contributed by atoms with E-state index in [4.69, 9.17) is 18.9 Å². The molecule has 0 heterocycles. The molecule has 0 atom stereocenters. The Morgan fingerprint density at radius 2 is 1.55 bits per heavy atom. The van der Waals surface area contributed by atoms with Gasteiger partial charge in [0.15, 0.2) is 11.5 Å². The number of nitrogens with zero attached hydrogens (tertiary/aromatic N) is 1. The van der Waals surface area contributed by atoms with Crippen molar-refractivity contribution in [2.45, 2.75) is 0 Å². The SMILES string of the molecule is COc1cccc(C(=O)Oc2ccc(/C=C(/C#N)c3ccc(OC)c(OC)c3)cc2)c1. The molecule has 3 rings (SSSR count). The molecule has 0 aliphatic carbocycles. The zero-order valence-electron chi connectivity index (χ0n) is 17.4. The summed E-state index contributed by atoms with van der Waals surface area (Å²) in [5.74, 6) is 1.63. The number of carbonyl (C=O) groups is 1. The standard InChI is InChI=1S/C25H21NO5/c1-28-22-6-4-5-19(14-22)25(27)31-21-10-7-17(8-11-21)13-20(16-26)18-9-12-23(29-2)24(15-18)30-3/h4-15H,1-3H3/b20-13-. The van der Waals surface area contributed by atoms with E-state index in [1.165, 1.54) is 7.11 Å². The number of hydrogen-bond donors (Lipinski definition) is 0. The second-order valence-electron chi connectivity index (χ2n) is 6.43. The van der Waals surface area contributed by atoms with Crippen LogP contribution in [0.2, 0.25) is 0 Å². The molecule has 0 radical (unpaired) electrons. The number of methoxy groups -OCH3 is 3. The third kappa shape index (κ3) is 5.22. The molecule has 156 valence electrons. The molecule has 0 fully saturated rings. The molecule has 0 saturated heterocycles. The van der Waals surface area contributed by atoms with Crippen molar-refractivity contribution < 1.29 is 23.7 Å². The summed E-state index contributed by atoms with van der Waals surface area (Å²) < 4.78 is 21.1. The zero-order valence-corrected chi connectivity index (χ0v) is 17.4. The molecule has 0 aromatic heterocycles. The van der Waals surface area contributed by atoms with Crippen LogP contribution in [0, 0.1) is 11.3 Å². The number of carbonyl (C=O) groups excluding carboxylic acids is 1. The maximum absolute atomic E-state index is 12.3. The number of benzene rings is 3. The lowest BCUT2D eigenvalue weighted by atomic mass is 10.0. The van der Waals surface area contributed by atoms with Crippen molar-refractivity contribution in [3.63, 3.8) is 0 Å². The van der Waals surface area contributed by atoms with Crippen molar-refractivity contribution in [1.29, 1.82) is 5.26 Å². The number of ether oxygens (including phenoxy) is 4. The van der Waals surface area contributed by atoms with Crippen LogP contribution in [0.4, 0.5) is 0 Å². The van der Waals surface area contributed by atoms with Crippen molar-refractivity contribution in [2.24, 2.45) is 0 Å². The molecule has 0 spiro atoms. The Bertz CT molecular complexity index is 1140. The van der Waals surface area contributed by atoms with Crippen LogP contribution in [0.15, 0.2) is 66.7 Å². The fraction of sp³-hybridized carbons (Fsp3) is 0.120. The summed E-state index contributed by atoms with van der Waals surface area (Å²) in [5.41, 5.74) is 2.34. The highest BCUT2D eigenvalue weighted by molar-refractivity contribution is 5.92. The summed E-state index contributed by atoms with van der Waals surface area (Å²) >= 11 is 0. The first-order valence-electron chi connectivity index (χ1n) is 9.38. The molecule has 6 heteroatoms. The van der Waals surface area contributed by atoms with Gasteiger partial charge in [-0.1, -0.05) is 18.2 Å². The van der Waals surface area contributed by atoms with Gasteiger partial charge in [0.25, 0.3) is 0 Å². The summed E-state index contributed by atoms with van der Waals surface area (Å²) in [6.45, 7) is 0. The summed E-state index contributed by atoms with van der Waals surface area (Å²) in [5, 5.41) is 9.60. The Morgan fingerprint density at radius 1 is 0.806 bits per heavy atom. The van der Waals surface area contributed by atoms with E-state index >= 15 is 0 Å². The van der Waals surface area contributed by atoms with Crippen LogP contribution in [-0.2, 0) is 0 Å². The van der Waals surface area contributed by atoms with Crippen LogP contribution in [0.1, 0.15) is 21.5 Å². The summed E-state index contributed by atoms with van der Waals surface area (Å²) in [7, 11) is 4.64. The van der Waals surface area contributed by atoms with Gasteiger partial charge in [-0.3, -0.25) is 0 Å². The van der Waals surface area contributed by atoms with Crippen LogP contribution in [0.25, 0.3) is 11.6 Å². The molecular weight excluding hydrogens is 394 g/mol. The smallest absolute Gasteiger partial charge is 0.343 e. The molecule has 0 bridgehead atoms. The maximum Gasteiger partial charge on any atom is 0.343 e. The van der Waals surface area contributed by atoms with Crippen LogP contribution in [-0.4, -0.2) is 27.3 Å². The second kappa shape index (κ2) is 9.99. The Labute approximate surface area is 180 Å². The average molecular weight is 415 g/mol. The highest BCUT2D eigenvalue weighted by Gasteiger charge is 2.11. The van der Waals surface area contributed by atoms with E-state index in [2.05, 4.69) is 6.07 Å². The maximum atomic E-state index is 12.3. The van der Waals surface area contributed by atoms with Gasteiger partial charge >= 0.3 is 5.97 Å². The highest BCUT2D eigenvalue weighted by Crippen LogP contribution is 2.31. The first-order valence-corrected chi connectivity index (χ1v) is 9.38. The van der Waals surface area contributed by atoms with Crippen molar-refractivity contribution in [3.05, 3.63) is 83.4 Å². The molecule has 0 unspecified atom stereocenters. The molecule has 31 heavy (non-hydrogen) atoms. The third-order valence-electron chi connectivity index (χ3n) is 4.52. The lowest BCUT2D eigenvalue weighted by Crippen LogP contribution is -2.08. The molecule has 6 nitrogen and oxygen atoms in total. The minimum absolute atomic E-state index is 0.392. The second-order valence-corrected chi connectivity index (χ2v) is 6.43. The molecule has 0 aliphatic rings. The predicted octanol–water partition coefficient (Wildman–Crippen LogP) is 5.00. The molecule has 0 N–H and O–H groups in total. The van der Waals surface area contributed by atoms with Crippen LogP contribution < -0.4 is 18.9 Å². The Morgan fingerprint density at radius 3 is 2.19 bits per heavy atom. The Kier molecular flexibility index (Phi) is 6.92. The minimum Gasteiger partial charge on any atom is -0.497 e. The van der Waals surface area contributed by atoms with Crippen LogP contribution in [0.3, 0.4) is 0 Å². The first kappa shape index (κ1) is 21.5. The van der Waals surface area contributed by atoms with Gasteiger partial charge in [0.2, 0.25) is 0 Å². The summed E-state index contributed by atoms with van der Waals surface area (Å²) in [4.78, 5) is 12.3. The van der Waals surface area contributed by atoms with Gasteiger partial charge in [-0.25, -0.2) is 4.79 Å². The number of hydrogen-bond acceptors (Lipinski definition) is 6. The molecule has 3 aromatic carbocycles. The van der Waals surface area contributed by atoms with E-state index < -0.39 is 5.97 Å². The van der Waals surface area contributed by atoms with E-state index in [-0.39, 0.29) is 0 Å². The molecule has 0 amide bonds. The van der Waals surface area contributed by atoms with Gasteiger partial charge in [0.1, 0.15) is 11.5 Å². The molecular formula is C25H21NO5. The quantitative estimate of drug-likeness (QED) is 0.234. The predicted molar refractivity (Wildman–Crippen MR) is 117 cm³/mol. The highest BCUT2D eigenvalue weighted by atomic mass is 16.5. The van der Waals surface area contributed by atoms with Crippen molar-refractivity contribution >= 4 is 17.6 Å². The number of rotatable bonds is 7. The first-order chi connectivity index (χ1) is 15.1. The van der Waals surface area contributed by atoms with Gasteiger partial charge in [-0.15, -0.1) is 0 Å². The van der Waals surface area contributed by atoms with Crippen molar-refractivity contribution in [3.8, 4) is 29.1 Å². The van der Waals surface area contributed by atoms with Gasteiger partial charge < -0.3 is 18.9 Å². The van der Waals surface area contributed by atoms with Gasteiger partial charge in [-0.05, 0) is 65.7 Å². The van der Waals surface area contributed by atoms with Crippen molar-refractivity contribution in [2.75, 3.05) is 21.3 Å². The minimum atomic E-state index is -0.481. The molecule has 0 aliphatic heterocycles. The third-order valence-corrected chi connectivity index (χ3v) is 4.52. The van der Waals surface area contributed by atoms with Gasteiger partial charge in [0.05, 0.1) is 38.5 Å². The van der Waals surface area contributed by atoms with Crippen molar-refractivity contribution in [1.82, 2.24) is 0 Å². The van der Waals surface area contributed by atoms with Crippen LogP contribution in [0.5, 0.6) is 23.0 Å². The molecule has 0 saturated carbocycles. The Hall–Kier alpha value is -4.24. The van der Waals surface area contributed by atoms with E-state index in [0.717, 1.165) is 5.56 Å². The topological polar surface area (TPSA) is 77.8 Å². The van der Waals surface area contributed by atoms with E-state index in [0.29, 0.717) is 39.7 Å². The monoisotopic (exact) mass is 415 g/mol. The van der Waals surface area contributed by atoms with Gasteiger partial charge in [0, 0.05) is 0 Å². The fourth-order valence-corrected chi connectivity index (χ4v) is 2.90. The average Bonchev–Trinajstić information content (AvgIpc) is 2.83. The largest absolute Gasteiger partial charge is 0.497 e. The number of nitriles is 1. The van der Waals surface area contributed by atoms with E-state index in [1.54, 1.807) is 87.0 Å². The summed E-state index contributed by atoms with van der Waals surface area (Å²) in [6, 6.07) is 21.1. The van der Waals surface area contributed by atoms with Crippen LogP contribution >= 0.6 is 0 Å². The normalized spacial score (nSPS) is 10.7. The number of esters is 1. The molecule has 3 aromatic rings. The lowest BCUT2D eigenvalue weighted by molar-refractivity contribution is 0.0734. The Balaban J connectivity index is 1.77. The zero-order chi connectivity index (χ0) is 22.2. The summed E-state index contributed by atoms with van der Waals surface area (Å²) in [6.07, 6.45) is 1.74. The van der Waals surface area contributed by atoms with E-state index in [9.17, 15) is 10.1 Å². The number of allylic oxidation sites excluding steroid dienone is 1. The fourth-order valence-electron chi connectivity index (χ4n) is 2.90.